The molecule has 1 N–H and O–H groups in total. The molecular weight excluding hydrogens is 226 g/mol. The summed E-state index contributed by atoms with van der Waals surface area (Å²) in [6, 6.07) is 12.2. The summed E-state index contributed by atoms with van der Waals surface area (Å²) in [5.74, 6) is 1.47. The van der Waals surface area contributed by atoms with E-state index in [0.29, 0.717) is 12.3 Å². The van der Waals surface area contributed by atoms with Crippen LogP contribution in [0.2, 0.25) is 0 Å². The number of rotatable bonds is 5. The molecule has 2 aromatic rings. The van der Waals surface area contributed by atoms with Crippen LogP contribution in [0.3, 0.4) is 0 Å². The topological polar surface area (TPSA) is 36.6 Å². The van der Waals surface area contributed by atoms with Gasteiger partial charge in [0.2, 0.25) is 0 Å². The second kappa shape index (κ2) is 5.74. The number of aliphatic hydroxyl groups is 1. The monoisotopic (exact) mass is 245 g/mol. The van der Waals surface area contributed by atoms with Gasteiger partial charge in [0.15, 0.2) is 0 Å². The Balaban J connectivity index is 2.03. The van der Waals surface area contributed by atoms with Crippen LogP contribution >= 0.6 is 0 Å². The number of anilines is 1. The van der Waals surface area contributed by atoms with Gasteiger partial charge in [-0.3, -0.25) is 0 Å². The van der Waals surface area contributed by atoms with Gasteiger partial charge in [-0.2, -0.15) is 0 Å². The fourth-order valence-corrected chi connectivity index (χ4v) is 1.90. The number of aryl methyl sites for hydroxylation is 1. The summed E-state index contributed by atoms with van der Waals surface area (Å²) in [6.45, 7) is 2.80. The van der Waals surface area contributed by atoms with Gasteiger partial charge >= 0.3 is 0 Å². The highest BCUT2D eigenvalue weighted by atomic mass is 16.4. The fraction of sp³-hybridized carbons (Fsp3) is 0.333. The summed E-state index contributed by atoms with van der Waals surface area (Å²) >= 11 is 0. The van der Waals surface area contributed by atoms with Gasteiger partial charge in [0.1, 0.15) is 18.1 Å². The van der Waals surface area contributed by atoms with Gasteiger partial charge in [-0.25, -0.2) is 0 Å². The third kappa shape index (κ3) is 2.93. The van der Waals surface area contributed by atoms with E-state index in [1.165, 1.54) is 5.56 Å². The average molecular weight is 245 g/mol. The van der Waals surface area contributed by atoms with Crippen molar-refractivity contribution in [1.29, 1.82) is 0 Å². The lowest BCUT2D eigenvalue weighted by Crippen LogP contribution is -2.15. The van der Waals surface area contributed by atoms with Crippen LogP contribution < -0.4 is 4.90 Å². The lowest BCUT2D eigenvalue weighted by atomic mass is 10.1. The first kappa shape index (κ1) is 12.7. The molecule has 0 saturated heterocycles. The van der Waals surface area contributed by atoms with Gasteiger partial charge in [0.25, 0.3) is 0 Å². The van der Waals surface area contributed by atoms with Gasteiger partial charge < -0.3 is 14.4 Å². The van der Waals surface area contributed by atoms with E-state index in [9.17, 15) is 0 Å². The number of benzene rings is 1. The third-order valence-electron chi connectivity index (χ3n) is 3.05. The molecule has 0 radical (unpaired) electrons. The Bertz CT molecular complexity index is 487. The number of aliphatic hydroxyl groups excluding tert-OH is 1. The minimum atomic E-state index is -0.0467. The van der Waals surface area contributed by atoms with Crippen molar-refractivity contribution < 1.29 is 9.52 Å². The smallest absolute Gasteiger partial charge is 0.129 e. The Morgan fingerprint density at radius 3 is 2.28 bits per heavy atom. The Morgan fingerprint density at radius 1 is 1.06 bits per heavy atom. The van der Waals surface area contributed by atoms with E-state index >= 15 is 0 Å². The standard InChI is InChI=1S/C15H19NO2/c1-3-12-4-6-13(7-5-12)16(2)10-14-8-9-15(11-17)18-14/h4-9,17H,3,10-11H2,1-2H3. The van der Waals surface area contributed by atoms with E-state index < -0.39 is 0 Å². The second-order valence-electron chi connectivity index (χ2n) is 4.40. The second-order valence-corrected chi connectivity index (χ2v) is 4.40. The van der Waals surface area contributed by atoms with Crippen LogP contribution in [0.5, 0.6) is 0 Å². The predicted octanol–water partition coefficient (Wildman–Crippen LogP) is 2.97. The average Bonchev–Trinajstić information content (AvgIpc) is 2.86. The highest BCUT2D eigenvalue weighted by Gasteiger charge is 2.06. The van der Waals surface area contributed by atoms with E-state index in [1.807, 2.05) is 19.2 Å². The van der Waals surface area contributed by atoms with Gasteiger partial charge in [0, 0.05) is 12.7 Å². The van der Waals surface area contributed by atoms with Crippen LogP contribution in [-0.4, -0.2) is 12.2 Å². The van der Waals surface area contributed by atoms with Crippen LogP contribution in [0.1, 0.15) is 24.0 Å². The van der Waals surface area contributed by atoms with Crippen molar-refractivity contribution in [3.8, 4) is 0 Å². The summed E-state index contributed by atoms with van der Waals surface area (Å²) in [6.07, 6.45) is 1.06. The van der Waals surface area contributed by atoms with Crippen LogP contribution in [0, 0.1) is 0 Å². The third-order valence-corrected chi connectivity index (χ3v) is 3.05. The lowest BCUT2D eigenvalue weighted by Gasteiger charge is -2.18. The number of nitrogens with zero attached hydrogens (tertiary/aromatic N) is 1. The summed E-state index contributed by atoms with van der Waals surface area (Å²) in [5, 5.41) is 8.95. The predicted molar refractivity (Wildman–Crippen MR) is 72.6 cm³/mol. The van der Waals surface area contributed by atoms with Crippen molar-refractivity contribution >= 4 is 5.69 Å². The number of furan rings is 1. The molecule has 3 heteroatoms. The van der Waals surface area contributed by atoms with E-state index in [4.69, 9.17) is 9.52 Å². The maximum Gasteiger partial charge on any atom is 0.129 e. The first-order chi connectivity index (χ1) is 8.72. The summed E-state index contributed by atoms with van der Waals surface area (Å²) in [4.78, 5) is 2.12. The fourth-order valence-electron chi connectivity index (χ4n) is 1.90. The molecule has 18 heavy (non-hydrogen) atoms. The molecule has 0 atom stereocenters. The molecular formula is C15H19NO2. The highest BCUT2D eigenvalue weighted by molar-refractivity contribution is 5.47. The maximum absolute atomic E-state index is 8.95. The molecule has 0 aliphatic rings. The largest absolute Gasteiger partial charge is 0.462 e. The van der Waals surface area contributed by atoms with Gasteiger partial charge in [-0.15, -0.1) is 0 Å². The molecule has 1 aromatic carbocycles. The van der Waals surface area contributed by atoms with Crippen LogP contribution in [0.4, 0.5) is 5.69 Å². The van der Waals surface area contributed by atoms with E-state index in [-0.39, 0.29) is 6.61 Å². The SMILES string of the molecule is CCc1ccc(N(C)Cc2ccc(CO)o2)cc1. The van der Waals surface area contributed by atoms with Crippen molar-refractivity contribution in [2.24, 2.45) is 0 Å². The van der Waals surface area contributed by atoms with E-state index in [2.05, 4.69) is 36.1 Å². The maximum atomic E-state index is 8.95. The van der Waals surface area contributed by atoms with Crippen molar-refractivity contribution in [3.05, 3.63) is 53.5 Å². The molecule has 1 heterocycles. The van der Waals surface area contributed by atoms with Crippen LogP contribution in [0.25, 0.3) is 0 Å². The zero-order chi connectivity index (χ0) is 13.0. The summed E-state index contributed by atoms with van der Waals surface area (Å²) < 4.78 is 5.48. The molecule has 96 valence electrons. The van der Waals surface area contributed by atoms with Gasteiger partial charge in [-0.1, -0.05) is 19.1 Å². The normalized spacial score (nSPS) is 10.6. The molecule has 0 aliphatic heterocycles. The molecule has 0 aliphatic carbocycles. The first-order valence-corrected chi connectivity index (χ1v) is 6.21. The van der Waals surface area contributed by atoms with Crippen LogP contribution in [-0.2, 0) is 19.6 Å². The van der Waals surface area contributed by atoms with Crippen molar-refractivity contribution in [3.63, 3.8) is 0 Å². The minimum Gasteiger partial charge on any atom is -0.462 e. The molecule has 0 saturated carbocycles. The zero-order valence-corrected chi connectivity index (χ0v) is 10.9. The Hall–Kier alpha value is -1.74. The molecule has 0 fully saturated rings. The molecule has 0 unspecified atom stereocenters. The molecule has 1 aromatic heterocycles. The van der Waals surface area contributed by atoms with Crippen molar-refractivity contribution in [2.45, 2.75) is 26.5 Å². The summed E-state index contributed by atoms with van der Waals surface area (Å²) in [5.41, 5.74) is 2.50. The highest BCUT2D eigenvalue weighted by Crippen LogP contribution is 2.18. The van der Waals surface area contributed by atoms with E-state index in [0.717, 1.165) is 17.9 Å². The van der Waals surface area contributed by atoms with Gasteiger partial charge in [-0.05, 0) is 36.2 Å². The summed E-state index contributed by atoms with van der Waals surface area (Å²) in [7, 11) is 2.03. The number of hydrogen-bond acceptors (Lipinski definition) is 3. The molecule has 0 spiro atoms. The van der Waals surface area contributed by atoms with Crippen molar-refractivity contribution in [2.75, 3.05) is 11.9 Å². The molecule has 0 amide bonds. The molecule has 0 bridgehead atoms. The quantitative estimate of drug-likeness (QED) is 0.879. The first-order valence-electron chi connectivity index (χ1n) is 6.21. The lowest BCUT2D eigenvalue weighted by molar-refractivity contribution is 0.243. The molecule has 2 rings (SSSR count). The zero-order valence-electron chi connectivity index (χ0n) is 10.9. The Morgan fingerprint density at radius 2 is 1.72 bits per heavy atom. The Kier molecular flexibility index (Phi) is 4.05. The van der Waals surface area contributed by atoms with E-state index in [1.54, 1.807) is 0 Å². The number of hydrogen-bond donors (Lipinski definition) is 1. The molecule has 3 nitrogen and oxygen atoms in total. The minimum absolute atomic E-state index is 0.0467. The Labute approximate surface area is 108 Å². The van der Waals surface area contributed by atoms with Crippen LogP contribution in [0.15, 0.2) is 40.8 Å². The van der Waals surface area contributed by atoms with Gasteiger partial charge in [0.05, 0.1) is 6.54 Å². The van der Waals surface area contributed by atoms with Crippen molar-refractivity contribution in [1.82, 2.24) is 0 Å².